The van der Waals surface area contributed by atoms with E-state index in [0.29, 0.717) is 30.3 Å². The minimum atomic E-state index is -4.72. The van der Waals surface area contributed by atoms with Crippen molar-refractivity contribution in [1.29, 1.82) is 5.26 Å². The summed E-state index contributed by atoms with van der Waals surface area (Å²) in [5.41, 5.74) is -0.445. The number of halogens is 4. The Morgan fingerprint density at radius 3 is 2.30 bits per heavy atom. The second-order valence-electron chi connectivity index (χ2n) is 12.1. The Morgan fingerprint density at radius 1 is 1.02 bits per heavy atom. The zero-order valence-corrected chi connectivity index (χ0v) is 27.8. The topological polar surface area (TPSA) is 115 Å². The first-order valence-corrected chi connectivity index (χ1v) is 15.8. The van der Waals surface area contributed by atoms with Gasteiger partial charge in [-0.2, -0.15) is 23.5 Å². The van der Waals surface area contributed by atoms with Crippen LogP contribution in [0.2, 0.25) is 0 Å². The molecule has 4 aromatic rings. The highest BCUT2D eigenvalue weighted by atomic mass is 19.4. The maximum atomic E-state index is 14.4. The molecule has 3 amide bonds. The van der Waals surface area contributed by atoms with Crippen molar-refractivity contribution in [2.75, 3.05) is 39.1 Å². The Hall–Kier alpha value is -5.55. The van der Waals surface area contributed by atoms with Crippen molar-refractivity contribution < 1.29 is 31.9 Å². The minimum Gasteiger partial charge on any atom is -0.339 e. The molecule has 10 nitrogen and oxygen atoms in total. The van der Waals surface area contributed by atoms with Crippen molar-refractivity contribution in [3.8, 4) is 11.8 Å². The molecule has 0 saturated carbocycles. The van der Waals surface area contributed by atoms with Crippen molar-refractivity contribution in [2.45, 2.75) is 37.5 Å². The Bertz CT molecular complexity index is 1920. The summed E-state index contributed by atoms with van der Waals surface area (Å²) >= 11 is 0. The van der Waals surface area contributed by atoms with Gasteiger partial charge in [0.05, 0.1) is 17.3 Å². The maximum Gasteiger partial charge on any atom is 0.416 e. The van der Waals surface area contributed by atoms with Crippen LogP contribution in [0.25, 0.3) is 5.69 Å². The van der Waals surface area contributed by atoms with Gasteiger partial charge in [-0.3, -0.25) is 19.3 Å². The smallest absolute Gasteiger partial charge is 0.339 e. The van der Waals surface area contributed by atoms with Gasteiger partial charge in [-0.25, -0.2) is 9.07 Å². The van der Waals surface area contributed by atoms with Crippen LogP contribution in [0.1, 0.15) is 56.8 Å². The number of nitrogens with one attached hydrogen (secondary N) is 1. The van der Waals surface area contributed by atoms with Crippen LogP contribution in [0.3, 0.4) is 0 Å². The standard InChI is InChI=1S/C36H35F4N7O3/c1-5-46-33-29(31(43-47(33)26-12-7-6-8-13-26)34(49)45(4)27(21-41)18-19-44(2)3)28(22-14-16-25(37)17-15-22)30(35(46)50)42-32(48)23-10-9-11-24(20-23)36(38,39)40/h6-17,20,27-28,30H,5,18-19H2,1-4H3,(H,42,48)/t27-,28+,30+/m1/s1. The van der Waals surface area contributed by atoms with Crippen molar-refractivity contribution in [2.24, 2.45) is 0 Å². The van der Waals surface area contributed by atoms with Crippen LogP contribution in [0.15, 0.2) is 78.9 Å². The highest BCUT2D eigenvalue weighted by molar-refractivity contribution is 6.07. The lowest BCUT2D eigenvalue weighted by molar-refractivity contribution is -0.137. The lowest BCUT2D eigenvalue weighted by Gasteiger charge is -2.38. The normalized spacial score (nSPS) is 16.5. The maximum absolute atomic E-state index is 14.4. The van der Waals surface area contributed by atoms with E-state index < -0.39 is 53.3 Å². The molecule has 0 spiro atoms. The van der Waals surface area contributed by atoms with Gasteiger partial charge in [-0.05, 0) is 75.5 Å². The molecule has 0 saturated heterocycles. The fourth-order valence-corrected chi connectivity index (χ4v) is 6.03. The van der Waals surface area contributed by atoms with E-state index in [2.05, 4.69) is 11.4 Å². The average molecular weight is 690 g/mol. The fraction of sp³-hybridized carbons (Fsp3) is 0.306. The number of hydrogen-bond donors (Lipinski definition) is 1. The molecular formula is C36H35F4N7O3. The van der Waals surface area contributed by atoms with E-state index >= 15 is 0 Å². The third kappa shape index (κ3) is 7.09. The average Bonchev–Trinajstić information content (AvgIpc) is 3.48. The first-order chi connectivity index (χ1) is 23.8. The molecule has 1 aliphatic rings. The highest BCUT2D eigenvalue weighted by Gasteiger charge is 2.48. The largest absolute Gasteiger partial charge is 0.416 e. The molecule has 14 heteroatoms. The molecule has 0 bridgehead atoms. The molecule has 1 N–H and O–H groups in total. The number of alkyl halides is 3. The number of nitriles is 1. The molecule has 3 aromatic carbocycles. The van der Waals surface area contributed by atoms with Crippen molar-refractivity contribution in [3.05, 3.63) is 113 Å². The van der Waals surface area contributed by atoms with Gasteiger partial charge in [-0.1, -0.05) is 36.4 Å². The van der Waals surface area contributed by atoms with Crippen LogP contribution in [-0.2, 0) is 11.0 Å². The zero-order chi connectivity index (χ0) is 36.3. The van der Waals surface area contributed by atoms with E-state index in [1.807, 2.05) is 19.0 Å². The number of rotatable bonds is 10. The Kier molecular flexibility index (Phi) is 10.4. The molecule has 0 fully saturated rings. The van der Waals surface area contributed by atoms with E-state index in [4.69, 9.17) is 5.10 Å². The van der Waals surface area contributed by atoms with E-state index in [9.17, 15) is 37.2 Å². The number of fused-ring (bicyclic) bond motifs is 1. The number of carbonyl (C=O) groups excluding carboxylic acids is 3. The molecule has 0 aliphatic carbocycles. The number of benzene rings is 3. The van der Waals surface area contributed by atoms with Crippen molar-refractivity contribution in [3.63, 3.8) is 0 Å². The quantitative estimate of drug-likeness (QED) is 0.228. The van der Waals surface area contributed by atoms with Crippen LogP contribution in [-0.4, -0.2) is 83.6 Å². The van der Waals surface area contributed by atoms with Crippen LogP contribution in [0.5, 0.6) is 0 Å². The predicted octanol–water partition coefficient (Wildman–Crippen LogP) is 5.24. The lowest BCUT2D eigenvalue weighted by atomic mass is 9.80. The number of nitrogens with zero attached hydrogens (tertiary/aromatic N) is 6. The number of aromatic nitrogens is 2. The zero-order valence-electron chi connectivity index (χ0n) is 27.8. The van der Waals surface area contributed by atoms with E-state index in [1.54, 1.807) is 37.3 Å². The number of hydrogen-bond acceptors (Lipinski definition) is 6. The third-order valence-corrected chi connectivity index (χ3v) is 8.60. The molecule has 1 aromatic heterocycles. The van der Waals surface area contributed by atoms with Gasteiger partial charge in [0.25, 0.3) is 17.7 Å². The third-order valence-electron chi connectivity index (χ3n) is 8.60. The van der Waals surface area contributed by atoms with Gasteiger partial charge in [0, 0.05) is 37.2 Å². The molecule has 50 heavy (non-hydrogen) atoms. The first-order valence-electron chi connectivity index (χ1n) is 15.8. The van der Waals surface area contributed by atoms with Crippen molar-refractivity contribution >= 4 is 23.5 Å². The van der Waals surface area contributed by atoms with Crippen LogP contribution < -0.4 is 10.2 Å². The summed E-state index contributed by atoms with van der Waals surface area (Å²) in [5, 5.41) is 17.4. The summed E-state index contributed by atoms with van der Waals surface area (Å²) in [7, 11) is 5.16. The monoisotopic (exact) mass is 689 g/mol. The second-order valence-corrected chi connectivity index (χ2v) is 12.1. The van der Waals surface area contributed by atoms with Gasteiger partial charge in [0.1, 0.15) is 23.7 Å². The number of anilines is 1. The summed E-state index contributed by atoms with van der Waals surface area (Å²) in [4.78, 5) is 47.0. The lowest BCUT2D eigenvalue weighted by Crippen LogP contribution is -2.55. The predicted molar refractivity (Wildman–Crippen MR) is 177 cm³/mol. The SMILES string of the molecule is CCN1C(=O)[C@@H](NC(=O)c2cccc(C(F)(F)F)c2)[C@@H](c2ccc(F)cc2)c2c(C(=O)N(C)[C@@H](C#N)CCN(C)C)nn(-c3ccccc3)c21. The number of carbonyl (C=O) groups is 3. The number of likely N-dealkylation sites (N-methyl/N-ethyl adjacent to an activating group) is 1. The fourth-order valence-electron chi connectivity index (χ4n) is 6.03. The van der Waals surface area contributed by atoms with Gasteiger partial charge >= 0.3 is 6.18 Å². The highest BCUT2D eigenvalue weighted by Crippen LogP contribution is 2.44. The van der Waals surface area contributed by atoms with Crippen molar-refractivity contribution in [1.82, 2.24) is 24.9 Å². The van der Waals surface area contributed by atoms with Gasteiger partial charge < -0.3 is 15.1 Å². The summed E-state index contributed by atoms with van der Waals surface area (Å²) in [6.07, 6.45) is -4.40. The summed E-state index contributed by atoms with van der Waals surface area (Å²) in [6.45, 7) is 2.25. The van der Waals surface area contributed by atoms with Crippen LogP contribution in [0, 0.1) is 17.1 Å². The molecule has 0 radical (unpaired) electrons. The van der Waals surface area contributed by atoms with Crippen LogP contribution >= 0.6 is 0 Å². The number of para-hydroxylation sites is 1. The Labute approximate surface area is 286 Å². The molecule has 2 heterocycles. The number of amides is 3. The second kappa shape index (κ2) is 14.5. The molecule has 260 valence electrons. The Morgan fingerprint density at radius 2 is 1.70 bits per heavy atom. The molecule has 3 atom stereocenters. The minimum absolute atomic E-state index is 0.0591. The van der Waals surface area contributed by atoms with Gasteiger partial charge in [-0.15, -0.1) is 0 Å². The summed E-state index contributed by atoms with van der Waals surface area (Å²) < 4.78 is 56.3. The molecular weight excluding hydrogens is 654 g/mol. The Balaban J connectivity index is 1.73. The molecule has 0 unspecified atom stereocenters. The van der Waals surface area contributed by atoms with E-state index in [1.165, 1.54) is 51.9 Å². The van der Waals surface area contributed by atoms with E-state index in [0.717, 1.165) is 12.1 Å². The van der Waals surface area contributed by atoms with Gasteiger partial charge in [0.15, 0.2) is 5.69 Å². The first kappa shape index (κ1) is 35.7. The van der Waals surface area contributed by atoms with E-state index in [-0.39, 0.29) is 29.2 Å². The molecule has 1 aliphatic heterocycles. The van der Waals surface area contributed by atoms with Gasteiger partial charge in [0.2, 0.25) is 0 Å². The summed E-state index contributed by atoms with van der Waals surface area (Å²) in [6, 6.07) is 17.6. The van der Waals surface area contributed by atoms with Crippen LogP contribution in [0.4, 0.5) is 23.4 Å². The molecule has 5 rings (SSSR count). The summed E-state index contributed by atoms with van der Waals surface area (Å²) in [5.74, 6) is -3.73.